The highest BCUT2D eigenvalue weighted by atomic mass is 32.1. The molecule has 0 saturated carbocycles. The summed E-state index contributed by atoms with van der Waals surface area (Å²) in [6.07, 6.45) is -0.0775. The number of aromatic nitrogens is 1. The number of halogens is 1. The maximum atomic E-state index is 12.7. The van der Waals surface area contributed by atoms with Crippen molar-refractivity contribution < 1.29 is 14.3 Å². The lowest BCUT2D eigenvalue weighted by Gasteiger charge is -1.95. The number of hydrogen-bond acceptors (Lipinski definition) is 3. The molecule has 0 atom stereocenters. The Kier molecular flexibility index (Phi) is 2.96. The number of thiazole rings is 1. The first-order valence-corrected chi connectivity index (χ1v) is 5.45. The van der Waals surface area contributed by atoms with Gasteiger partial charge in [0.2, 0.25) is 0 Å². The van der Waals surface area contributed by atoms with E-state index in [0.29, 0.717) is 10.7 Å². The number of nitrogens with zero attached hydrogens (tertiary/aromatic N) is 1. The fourth-order valence-electron chi connectivity index (χ4n) is 1.27. The predicted octanol–water partition coefficient (Wildman–Crippen LogP) is 2.58. The monoisotopic (exact) mass is 237 g/mol. The zero-order chi connectivity index (χ0) is 11.5. The van der Waals surface area contributed by atoms with Crippen molar-refractivity contribution in [2.45, 2.75) is 6.42 Å². The van der Waals surface area contributed by atoms with Crippen molar-refractivity contribution in [1.29, 1.82) is 0 Å². The zero-order valence-electron chi connectivity index (χ0n) is 8.18. The van der Waals surface area contributed by atoms with Gasteiger partial charge >= 0.3 is 5.97 Å². The highest BCUT2D eigenvalue weighted by molar-refractivity contribution is 7.10. The molecule has 1 heterocycles. The molecule has 16 heavy (non-hydrogen) atoms. The van der Waals surface area contributed by atoms with Gasteiger partial charge < -0.3 is 5.11 Å². The van der Waals surface area contributed by atoms with Crippen LogP contribution in [-0.2, 0) is 11.2 Å². The van der Waals surface area contributed by atoms with Crippen LogP contribution in [0, 0.1) is 5.82 Å². The molecule has 3 nitrogen and oxygen atoms in total. The van der Waals surface area contributed by atoms with Crippen LogP contribution in [0.2, 0.25) is 0 Å². The van der Waals surface area contributed by atoms with E-state index < -0.39 is 5.97 Å². The van der Waals surface area contributed by atoms with E-state index in [4.69, 9.17) is 5.11 Å². The first-order chi connectivity index (χ1) is 7.65. The van der Waals surface area contributed by atoms with E-state index in [1.807, 2.05) is 0 Å². The molecule has 0 aliphatic rings. The number of hydrogen-bond donors (Lipinski definition) is 1. The molecule has 1 aromatic carbocycles. The maximum Gasteiger partial charge on any atom is 0.310 e. The minimum absolute atomic E-state index is 0.0775. The first kappa shape index (κ1) is 10.8. The number of aliphatic carboxylic acids is 1. The minimum atomic E-state index is -0.903. The van der Waals surface area contributed by atoms with Gasteiger partial charge in [-0.05, 0) is 24.3 Å². The molecule has 0 bridgehead atoms. The second-order valence-electron chi connectivity index (χ2n) is 3.20. The third-order valence-electron chi connectivity index (χ3n) is 1.99. The lowest BCUT2D eigenvalue weighted by Crippen LogP contribution is -1.99. The van der Waals surface area contributed by atoms with Crippen molar-refractivity contribution in [2.24, 2.45) is 0 Å². The second kappa shape index (κ2) is 4.40. The summed E-state index contributed by atoms with van der Waals surface area (Å²) in [4.78, 5) is 14.6. The van der Waals surface area contributed by atoms with E-state index in [-0.39, 0.29) is 12.2 Å². The van der Waals surface area contributed by atoms with Crippen LogP contribution in [0.25, 0.3) is 11.3 Å². The summed E-state index contributed by atoms with van der Waals surface area (Å²) in [5, 5.41) is 10.9. The summed E-state index contributed by atoms with van der Waals surface area (Å²) < 4.78 is 12.7. The minimum Gasteiger partial charge on any atom is -0.481 e. The SMILES string of the molecule is O=C(O)Cc1nc(-c2ccc(F)cc2)cs1. The summed E-state index contributed by atoms with van der Waals surface area (Å²) in [7, 11) is 0. The number of carbonyl (C=O) groups is 1. The standard InChI is InChI=1S/C11H8FNO2S/c12-8-3-1-7(2-4-8)9-6-16-10(13-9)5-11(14)15/h1-4,6H,5H2,(H,14,15). The second-order valence-corrected chi connectivity index (χ2v) is 4.15. The van der Waals surface area contributed by atoms with Gasteiger partial charge in [0.15, 0.2) is 0 Å². The summed E-state index contributed by atoms with van der Waals surface area (Å²) in [5.74, 6) is -1.20. The van der Waals surface area contributed by atoms with Crippen molar-refractivity contribution in [3.8, 4) is 11.3 Å². The fourth-order valence-corrected chi connectivity index (χ4v) is 2.07. The van der Waals surface area contributed by atoms with Crippen LogP contribution in [0.3, 0.4) is 0 Å². The summed E-state index contributed by atoms with van der Waals surface area (Å²) in [6, 6.07) is 5.95. The number of carboxylic acids is 1. The molecule has 82 valence electrons. The zero-order valence-corrected chi connectivity index (χ0v) is 9.00. The normalized spacial score (nSPS) is 10.3. The van der Waals surface area contributed by atoms with Gasteiger partial charge in [0, 0.05) is 10.9 Å². The average Bonchev–Trinajstić information content (AvgIpc) is 2.66. The lowest BCUT2D eigenvalue weighted by molar-refractivity contribution is -0.136. The molecule has 0 radical (unpaired) electrons. The van der Waals surface area contributed by atoms with Gasteiger partial charge in [-0.2, -0.15) is 0 Å². The molecule has 0 aliphatic heterocycles. The van der Waals surface area contributed by atoms with Crippen LogP contribution in [0.15, 0.2) is 29.6 Å². The first-order valence-electron chi connectivity index (χ1n) is 4.57. The van der Waals surface area contributed by atoms with Crippen LogP contribution < -0.4 is 0 Å². The average molecular weight is 237 g/mol. The Labute approximate surface area is 95.2 Å². The van der Waals surface area contributed by atoms with Crippen molar-refractivity contribution >= 4 is 17.3 Å². The van der Waals surface area contributed by atoms with E-state index in [0.717, 1.165) is 5.56 Å². The van der Waals surface area contributed by atoms with Crippen LogP contribution in [-0.4, -0.2) is 16.1 Å². The molecule has 0 aliphatic carbocycles. The Balaban J connectivity index is 2.24. The Hall–Kier alpha value is -1.75. The van der Waals surface area contributed by atoms with Crippen LogP contribution in [0.5, 0.6) is 0 Å². The summed E-state index contributed by atoms with van der Waals surface area (Å²) in [6.45, 7) is 0. The van der Waals surface area contributed by atoms with Gasteiger partial charge in [-0.3, -0.25) is 4.79 Å². The van der Waals surface area contributed by atoms with Crippen molar-refractivity contribution in [3.63, 3.8) is 0 Å². The van der Waals surface area contributed by atoms with E-state index in [1.165, 1.54) is 23.5 Å². The van der Waals surface area contributed by atoms with Crippen LogP contribution in [0.4, 0.5) is 4.39 Å². The molecule has 0 spiro atoms. The highest BCUT2D eigenvalue weighted by Gasteiger charge is 2.07. The molecule has 0 amide bonds. The molecule has 0 fully saturated rings. The fraction of sp³-hybridized carbons (Fsp3) is 0.0909. The number of carboxylic acid groups (broad SMARTS) is 1. The van der Waals surface area contributed by atoms with Gasteiger partial charge in [-0.1, -0.05) is 0 Å². The maximum absolute atomic E-state index is 12.7. The molecule has 5 heteroatoms. The number of benzene rings is 1. The van der Waals surface area contributed by atoms with Crippen molar-refractivity contribution in [1.82, 2.24) is 4.98 Å². The Morgan fingerprint density at radius 2 is 2.06 bits per heavy atom. The molecule has 1 N–H and O–H groups in total. The predicted molar refractivity (Wildman–Crippen MR) is 58.8 cm³/mol. The van der Waals surface area contributed by atoms with E-state index in [1.54, 1.807) is 17.5 Å². The van der Waals surface area contributed by atoms with E-state index in [9.17, 15) is 9.18 Å². The quantitative estimate of drug-likeness (QED) is 0.892. The summed E-state index contributed by atoms with van der Waals surface area (Å²) >= 11 is 1.29. The van der Waals surface area contributed by atoms with Gasteiger partial charge in [0.05, 0.1) is 12.1 Å². The third-order valence-corrected chi connectivity index (χ3v) is 2.84. The molecule has 0 saturated heterocycles. The third kappa shape index (κ3) is 2.43. The van der Waals surface area contributed by atoms with Crippen molar-refractivity contribution in [3.05, 3.63) is 40.5 Å². The summed E-state index contributed by atoms with van der Waals surface area (Å²) in [5.41, 5.74) is 1.47. The molecule has 1 aromatic heterocycles. The highest BCUT2D eigenvalue weighted by Crippen LogP contribution is 2.22. The molecule has 0 unspecified atom stereocenters. The van der Waals surface area contributed by atoms with E-state index in [2.05, 4.69) is 4.98 Å². The smallest absolute Gasteiger partial charge is 0.310 e. The van der Waals surface area contributed by atoms with Gasteiger partial charge in [0.1, 0.15) is 10.8 Å². The number of rotatable bonds is 3. The van der Waals surface area contributed by atoms with Crippen molar-refractivity contribution in [2.75, 3.05) is 0 Å². The Morgan fingerprint density at radius 3 is 2.69 bits per heavy atom. The van der Waals surface area contributed by atoms with Crippen LogP contribution >= 0.6 is 11.3 Å². The topological polar surface area (TPSA) is 50.2 Å². The van der Waals surface area contributed by atoms with Gasteiger partial charge in [-0.25, -0.2) is 9.37 Å². The largest absolute Gasteiger partial charge is 0.481 e. The Bertz CT molecular complexity index is 507. The molecular formula is C11H8FNO2S. The molecule has 2 aromatic rings. The Morgan fingerprint density at radius 1 is 1.38 bits per heavy atom. The lowest BCUT2D eigenvalue weighted by atomic mass is 10.2. The van der Waals surface area contributed by atoms with Gasteiger partial charge in [-0.15, -0.1) is 11.3 Å². The van der Waals surface area contributed by atoms with E-state index >= 15 is 0 Å². The molecular weight excluding hydrogens is 229 g/mol. The molecule has 2 rings (SSSR count). The van der Waals surface area contributed by atoms with Gasteiger partial charge in [0.25, 0.3) is 0 Å². The van der Waals surface area contributed by atoms with Crippen LogP contribution in [0.1, 0.15) is 5.01 Å².